The largest absolute Gasteiger partial charge is 0.491 e. The van der Waals surface area contributed by atoms with Gasteiger partial charge in [-0.05, 0) is 41.1 Å². The summed E-state index contributed by atoms with van der Waals surface area (Å²) >= 11 is 3.13. The van der Waals surface area contributed by atoms with Gasteiger partial charge in [0.1, 0.15) is 12.4 Å². The summed E-state index contributed by atoms with van der Waals surface area (Å²) < 4.78 is 5.68. The summed E-state index contributed by atoms with van der Waals surface area (Å²) in [5.41, 5.74) is 0.137. The zero-order chi connectivity index (χ0) is 11.4. The van der Waals surface area contributed by atoms with Crippen LogP contribution in [0.2, 0.25) is 0 Å². The van der Waals surface area contributed by atoms with E-state index >= 15 is 0 Å². The average molecular weight is 275 g/mol. The molecule has 0 spiro atoms. The van der Waals surface area contributed by atoms with E-state index in [0.717, 1.165) is 0 Å². The molecule has 4 nitrogen and oxygen atoms in total. The first-order valence-corrected chi connectivity index (χ1v) is 5.13. The Morgan fingerprint density at radius 1 is 1.60 bits per heavy atom. The van der Waals surface area contributed by atoms with E-state index in [2.05, 4.69) is 15.9 Å². The van der Waals surface area contributed by atoms with Crippen LogP contribution in [0.4, 0.5) is 0 Å². The van der Waals surface area contributed by atoms with E-state index in [-0.39, 0.29) is 12.2 Å². The van der Waals surface area contributed by atoms with Gasteiger partial charge in [-0.25, -0.2) is 4.79 Å². The van der Waals surface area contributed by atoms with Crippen molar-refractivity contribution in [1.29, 1.82) is 0 Å². The van der Waals surface area contributed by atoms with Crippen molar-refractivity contribution in [2.45, 2.75) is 13.0 Å². The second-order valence-electron chi connectivity index (χ2n) is 3.11. The molecule has 5 heteroatoms. The Hall–Kier alpha value is -1.07. The highest BCUT2D eigenvalue weighted by atomic mass is 79.9. The molecule has 0 bridgehead atoms. The van der Waals surface area contributed by atoms with Crippen molar-refractivity contribution in [3.63, 3.8) is 0 Å². The van der Waals surface area contributed by atoms with Gasteiger partial charge in [-0.1, -0.05) is 0 Å². The lowest BCUT2D eigenvalue weighted by atomic mass is 10.2. The van der Waals surface area contributed by atoms with Crippen LogP contribution in [0.15, 0.2) is 22.7 Å². The van der Waals surface area contributed by atoms with E-state index in [9.17, 15) is 4.79 Å². The van der Waals surface area contributed by atoms with Crippen molar-refractivity contribution >= 4 is 21.9 Å². The zero-order valence-corrected chi connectivity index (χ0v) is 9.69. The number of aromatic carboxylic acids is 1. The molecule has 1 aromatic rings. The Bertz CT molecular complexity index is 362. The smallest absolute Gasteiger partial charge is 0.336 e. The van der Waals surface area contributed by atoms with Crippen LogP contribution in [0.25, 0.3) is 0 Å². The van der Waals surface area contributed by atoms with Gasteiger partial charge in [0.15, 0.2) is 0 Å². The quantitative estimate of drug-likeness (QED) is 0.880. The van der Waals surface area contributed by atoms with Crippen LogP contribution in [0.1, 0.15) is 17.3 Å². The minimum atomic E-state index is -1.02. The number of rotatable bonds is 4. The fourth-order valence-corrected chi connectivity index (χ4v) is 1.39. The van der Waals surface area contributed by atoms with Crippen molar-refractivity contribution in [1.82, 2.24) is 0 Å². The molecule has 1 unspecified atom stereocenters. The minimum absolute atomic E-state index is 0.137. The molecule has 82 valence electrons. The molecule has 0 fully saturated rings. The van der Waals surface area contributed by atoms with Crippen LogP contribution in [0, 0.1) is 0 Å². The van der Waals surface area contributed by atoms with Gasteiger partial charge in [-0.2, -0.15) is 0 Å². The summed E-state index contributed by atoms with van der Waals surface area (Å²) in [5.74, 6) is -0.596. The van der Waals surface area contributed by atoms with E-state index in [4.69, 9.17) is 14.9 Å². The summed E-state index contributed by atoms with van der Waals surface area (Å²) in [6.45, 7) is 1.73. The number of halogens is 1. The van der Waals surface area contributed by atoms with E-state index in [1.165, 1.54) is 6.07 Å². The molecule has 1 aromatic carbocycles. The van der Waals surface area contributed by atoms with Crippen molar-refractivity contribution in [3.8, 4) is 5.75 Å². The highest BCUT2D eigenvalue weighted by Gasteiger charge is 2.09. The fourth-order valence-electron chi connectivity index (χ4n) is 0.975. The third kappa shape index (κ3) is 3.53. The number of hydrogen-bond donors (Lipinski definition) is 2. The molecule has 0 aliphatic carbocycles. The highest BCUT2D eigenvalue weighted by molar-refractivity contribution is 9.10. The first-order valence-electron chi connectivity index (χ1n) is 4.34. The molecule has 0 heterocycles. The van der Waals surface area contributed by atoms with Gasteiger partial charge < -0.3 is 14.9 Å². The maximum atomic E-state index is 10.8. The maximum absolute atomic E-state index is 10.8. The van der Waals surface area contributed by atoms with Crippen molar-refractivity contribution < 1.29 is 19.7 Å². The number of ether oxygens (including phenoxy) is 1. The molecule has 0 saturated carbocycles. The third-order valence-electron chi connectivity index (χ3n) is 1.66. The molecule has 2 N–H and O–H groups in total. The normalized spacial score (nSPS) is 12.2. The summed E-state index contributed by atoms with van der Waals surface area (Å²) in [6.07, 6.45) is -0.582. The van der Waals surface area contributed by atoms with Crippen LogP contribution in [-0.2, 0) is 0 Å². The Kier molecular flexibility index (Phi) is 4.11. The number of carbonyl (C=O) groups is 1. The number of benzene rings is 1. The molecule has 0 aromatic heterocycles. The van der Waals surface area contributed by atoms with E-state index in [1.54, 1.807) is 19.1 Å². The SMILES string of the molecule is CC(O)COc1ccc(Br)c(C(=O)O)c1. The molecule has 0 radical (unpaired) electrons. The molecule has 0 saturated heterocycles. The molecular weight excluding hydrogens is 264 g/mol. The Balaban J connectivity index is 2.83. The van der Waals surface area contributed by atoms with Crippen LogP contribution in [0.3, 0.4) is 0 Å². The van der Waals surface area contributed by atoms with E-state index in [1.807, 2.05) is 0 Å². The number of aliphatic hydroxyl groups is 1. The summed E-state index contributed by atoms with van der Waals surface area (Å²) in [5, 5.41) is 17.8. The summed E-state index contributed by atoms with van der Waals surface area (Å²) in [7, 11) is 0. The molecule has 15 heavy (non-hydrogen) atoms. The molecule has 1 atom stereocenters. The average Bonchev–Trinajstić information content (AvgIpc) is 2.16. The van der Waals surface area contributed by atoms with Gasteiger partial charge >= 0.3 is 5.97 Å². The number of carboxylic acids is 1. The van der Waals surface area contributed by atoms with Gasteiger partial charge in [0.2, 0.25) is 0 Å². The first kappa shape index (κ1) is 12.0. The lowest BCUT2D eigenvalue weighted by Gasteiger charge is -2.09. The predicted molar refractivity (Wildman–Crippen MR) is 58.3 cm³/mol. The van der Waals surface area contributed by atoms with Gasteiger partial charge in [0.05, 0.1) is 11.7 Å². The maximum Gasteiger partial charge on any atom is 0.336 e. The topological polar surface area (TPSA) is 66.8 Å². The van der Waals surface area contributed by atoms with Crippen LogP contribution < -0.4 is 4.74 Å². The van der Waals surface area contributed by atoms with E-state index < -0.39 is 12.1 Å². The zero-order valence-electron chi connectivity index (χ0n) is 8.11. The van der Waals surface area contributed by atoms with Crippen LogP contribution in [-0.4, -0.2) is 28.9 Å². The van der Waals surface area contributed by atoms with Crippen molar-refractivity contribution in [2.24, 2.45) is 0 Å². The van der Waals surface area contributed by atoms with Crippen molar-refractivity contribution in [3.05, 3.63) is 28.2 Å². The van der Waals surface area contributed by atoms with Gasteiger partial charge in [-0.15, -0.1) is 0 Å². The number of aliphatic hydroxyl groups excluding tert-OH is 1. The van der Waals surface area contributed by atoms with Crippen molar-refractivity contribution in [2.75, 3.05) is 6.61 Å². The molecule has 1 rings (SSSR count). The third-order valence-corrected chi connectivity index (χ3v) is 2.35. The van der Waals surface area contributed by atoms with E-state index in [0.29, 0.717) is 10.2 Å². The first-order chi connectivity index (χ1) is 7.00. The summed E-state index contributed by atoms with van der Waals surface area (Å²) in [4.78, 5) is 10.8. The Labute approximate surface area is 95.6 Å². The predicted octanol–water partition coefficient (Wildman–Crippen LogP) is 1.91. The minimum Gasteiger partial charge on any atom is -0.491 e. The van der Waals surface area contributed by atoms with Gasteiger partial charge in [0, 0.05) is 4.47 Å². The monoisotopic (exact) mass is 274 g/mol. The molecule has 0 aliphatic rings. The van der Waals surface area contributed by atoms with Crippen LogP contribution >= 0.6 is 15.9 Å². The second kappa shape index (κ2) is 5.14. The molecular formula is C10H11BrO4. The summed E-state index contributed by atoms with van der Waals surface area (Å²) in [6, 6.07) is 4.65. The lowest BCUT2D eigenvalue weighted by Crippen LogP contribution is -2.13. The lowest BCUT2D eigenvalue weighted by molar-refractivity contribution is 0.0695. The number of carboxylic acid groups (broad SMARTS) is 1. The number of hydrogen-bond acceptors (Lipinski definition) is 3. The Morgan fingerprint density at radius 2 is 2.27 bits per heavy atom. The fraction of sp³-hybridized carbons (Fsp3) is 0.300. The van der Waals surface area contributed by atoms with Gasteiger partial charge in [0.25, 0.3) is 0 Å². The standard InChI is InChI=1S/C10H11BrO4/c1-6(12)5-15-7-2-3-9(11)8(4-7)10(13)14/h2-4,6,12H,5H2,1H3,(H,13,14). The van der Waals surface area contributed by atoms with Crippen LogP contribution in [0.5, 0.6) is 5.75 Å². The second-order valence-corrected chi connectivity index (χ2v) is 3.96. The highest BCUT2D eigenvalue weighted by Crippen LogP contribution is 2.22. The Morgan fingerprint density at radius 3 is 2.80 bits per heavy atom. The molecule has 0 amide bonds. The van der Waals surface area contributed by atoms with Gasteiger partial charge in [-0.3, -0.25) is 0 Å². The molecule has 0 aliphatic heterocycles.